The molecule has 0 fully saturated rings. The fraction of sp³-hybridized carbons (Fsp3) is 0.333. The molecule has 1 atom stereocenters. The highest BCUT2D eigenvalue weighted by atomic mass is 79.9. The summed E-state index contributed by atoms with van der Waals surface area (Å²) < 4.78 is 1.32. The van der Waals surface area contributed by atoms with Gasteiger partial charge in [0.25, 0.3) is 0 Å². The van der Waals surface area contributed by atoms with Gasteiger partial charge in [-0.25, -0.2) is 0 Å². The first-order chi connectivity index (χ1) is 8.75. The Morgan fingerprint density at radius 2 is 2.22 bits per heavy atom. The zero-order valence-corrected chi connectivity index (χ0v) is 12.1. The van der Waals surface area contributed by atoms with E-state index in [0.717, 1.165) is 19.4 Å². The molecule has 1 aromatic carbocycles. The molecule has 0 bridgehead atoms. The van der Waals surface area contributed by atoms with Crippen LogP contribution in [-0.4, -0.2) is 29.5 Å². The molecule has 2 heterocycles. The van der Waals surface area contributed by atoms with Crippen molar-refractivity contribution in [1.29, 1.82) is 0 Å². The van der Waals surface area contributed by atoms with E-state index in [1.807, 2.05) is 0 Å². The summed E-state index contributed by atoms with van der Waals surface area (Å²) >= 11 is 3.71. The van der Waals surface area contributed by atoms with E-state index < -0.39 is 0 Å². The largest absolute Gasteiger partial charge is 0.361 e. The highest BCUT2D eigenvalue weighted by molar-refractivity contribution is 9.11. The highest BCUT2D eigenvalue weighted by Gasteiger charge is 2.22. The lowest BCUT2D eigenvalue weighted by atomic mass is 10.0. The van der Waals surface area contributed by atoms with Gasteiger partial charge in [0, 0.05) is 34.2 Å². The topological polar surface area (TPSA) is 19.0 Å². The minimum Gasteiger partial charge on any atom is -0.361 e. The maximum Gasteiger partial charge on any atom is 0.0456 e. The van der Waals surface area contributed by atoms with Crippen LogP contribution in [0.15, 0.2) is 41.0 Å². The van der Waals surface area contributed by atoms with Gasteiger partial charge in [-0.3, -0.25) is 4.90 Å². The molecule has 0 unspecified atom stereocenters. The summed E-state index contributed by atoms with van der Waals surface area (Å²) in [6, 6.07) is 8.98. The van der Waals surface area contributed by atoms with Crippen molar-refractivity contribution in [3.8, 4) is 0 Å². The quantitative estimate of drug-likeness (QED) is 0.896. The van der Waals surface area contributed by atoms with Gasteiger partial charge in [0.2, 0.25) is 0 Å². The van der Waals surface area contributed by atoms with Gasteiger partial charge >= 0.3 is 0 Å². The lowest BCUT2D eigenvalue weighted by molar-refractivity contribution is 0.271. The summed E-state index contributed by atoms with van der Waals surface area (Å²) in [5.41, 5.74) is 2.63. The number of aromatic nitrogens is 1. The lowest BCUT2D eigenvalue weighted by Crippen LogP contribution is -2.36. The van der Waals surface area contributed by atoms with Crippen LogP contribution in [0.5, 0.6) is 0 Å². The van der Waals surface area contributed by atoms with Crippen molar-refractivity contribution < 1.29 is 0 Å². The predicted octanol–water partition coefficient (Wildman–Crippen LogP) is 3.69. The van der Waals surface area contributed by atoms with E-state index in [4.69, 9.17) is 0 Å². The maximum absolute atomic E-state index is 3.71. The molecule has 1 aliphatic rings. The number of aromatic amines is 1. The highest BCUT2D eigenvalue weighted by Crippen LogP contribution is 2.27. The van der Waals surface area contributed by atoms with Gasteiger partial charge in [0.05, 0.1) is 0 Å². The number of hydrogen-bond donors (Lipinski definition) is 1. The van der Waals surface area contributed by atoms with Crippen LogP contribution in [0.4, 0.5) is 0 Å². The third-order valence-electron chi connectivity index (χ3n) is 3.76. The van der Waals surface area contributed by atoms with Crippen LogP contribution in [-0.2, 0) is 6.42 Å². The second kappa shape index (κ2) is 4.90. The Bertz CT molecular complexity index is 585. The summed E-state index contributed by atoms with van der Waals surface area (Å²) in [6.45, 7) is 1.14. The summed E-state index contributed by atoms with van der Waals surface area (Å²) in [7, 11) is 2.20. The Labute approximate surface area is 116 Å². The number of nitrogens with zero attached hydrogens (tertiary/aromatic N) is 1. The Kier molecular flexibility index (Phi) is 3.27. The van der Waals surface area contributed by atoms with Crippen LogP contribution in [0.1, 0.15) is 12.0 Å². The number of rotatable bonds is 2. The van der Waals surface area contributed by atoms with Crippen LogP contribution < -0.4 is 0 Å². The number of likely N-dealkylation sites (N-methyl/N-ethyl adjacent to an activating group) is 1. The number of benzene rings is 1. The molecule has 3 heteroatoms. The van der Waals surface area contributed by atoms with Crippen molar-refractivity contribution in [2.75, 3.05) is 13.6 Å². The molecule has 0 aliphatic carbocycles. The summed E-state index contributed by atoms with van der Waals surface area (Å²) in [5, 5.41) is 1.34. The number of fused-ring (bicyclic) bond motifs is 1. The molecule has 1 aromatic heterocycles. The SMILES string of the molecule is CN1CCC=C(Br)[C@H]1Cc1c[nH]c2ccccc12. The minimum absolute atomic E-state index is 0.470. The Morgan fingerprint density at radius 3 is 3.06 bits per heavy atom. The Morgan fingerprint density at radius 1 is 1.39 bits per heavy atom. The van der Waals surface area contributed by atoms with Crippen molar-refractivity contribution in [3.05, 3.63) is 46.6 Å². The van der Waals surface area contributed by atoms with Crippen molar-refractivity contribution in [1.82, 2.24) is 9.88 Å². The second-order valence-corrected chi connectivity index (χ2v) is 5.85. The number of H-pyrrole nitrogens is 1. The molecule has 94 valence electrons. The smallest absolute Gasteiger partial charge is 0.0456 e. The number of para-hydroxylation sites is 1. The van der Waals surface area contributed by atoms with Gasteiger partial charge < -0.3 is 4.98 Å². The maximum atomic E-state index is 3.71. The predicted molar refractivity (Wildman–Crippen MR) is 80.0 cm³/mol. The van der Waals surface area contributed by atoms with Crippen LogP contribution in [0.25, 0.3) is 10.9 Å². The third-order valence-corrected chi connectivity index (χ3v) is 4.61. The third kappa shape index (κ3) is 2.13. The molecule has 2 aromatic rings. The van der Waals surface area contributed by atoms with Crippen molar-refractivity contribution in [2.24, 2.45) is 0 Å². The monoisotopic (exact) mass is 304 g/mol. The molecule has 0 saturated carbocycles. The van der Waals surface area contributed by atoms with E-state index in [1.54, 1.807) is 0 Å². The second-order valence-electron chi connectivity index (χ2n) is 4.94. The average molecular weight is 305 g/mol. The van der Waals surface area contributed by atoms with Crippen molar-refractivity contribution in [2.45, 2.75) is 18.9 Å². The van der Waals surface area contributed by atoms with E-state index in [0.29, 0.717) is 6.04 Å². The lowest BCUT2D eigenvalue weighted by Gasteiger charge is -2.31. The zero-order valence-electron chi connectivity index (χ0n) is 10.5. The molecule has 0 amide bonds. The molecule has 0 radical (unpaired) electrons. The van der Waals surface area contributed by atoms with Crippen LogP contribution >= 0.6 is 15.9 Å². The minimum atomic E-state index is 0.470. The van der Waals surface area contributed by atoms with Gasteiger partial charge in [0.15, 0.2) is 0 Å². The summed E-state index contributed by atoms with van der Waals surface area (Å²) in [5.74, 6) is 0. The first-order valence-electron chi connectivity index (χ1n) is 6.36. The molecule has 1 aliphatic heterocycles. The fourth-order valence-corrected chi connectivity index (χ4v) is 3.41. The summed E-state index contributed by atoms with van der Waals surface area (Å²) in [4.78, 5) is 5.78. The van der Waals surface area contributed by atoms with E-state index in [9.17, 15) is 0 Å². The first-order valence-corrected chi connectivity index (χ1v) is 7.16. The molecular weight excluding hydrogens is 288 g/mol. The van der Waals surface area contributed by atoms with Gasteiger partial charge in [-0.05, 0) is 31.5 Å². The molecule has 1 N–H and O–H groups in total. The van der Waals surface area contributed by atoms with E-state index in [1.165, 1.54) is 20.9 Å². The molecule has 3 rings (SSSR count). The normalized spacial score (nSPS) is 21.2. The fourth-order valence-electron chi connectivity index (χ4n) is 2.67. The standard InChI is InChI=1S/C15H17BrN2/c1-18-8-4-6-13(16)15(18)9-11-10-17-14-7-3-2-5-12(11)14/h2-3,5-7,10,15,17H,4,8-9H2,1H3/t15-/m1/s1. The molecule has 2 nitrogen and oxygen atoms in total. The first kappa shape index (κ1) is 12.0. The summed E-state index contributed by atoms with van der Waals surface area (Å²) in [6.07, 6.45) is 6.64. The van der Waals surface area contributed by atoms with E-state index >= 15 is 0 Å². The van der Waals surface area contributed by atoms with Crippen molar-refractivity contribution in [3.63, 3.8) is 0 Å². The van der Waals surface area contributed by atoms with E-state index in [2.05, 4.69) is 69.4 Å². The molecular formula is C15H17BrN2. The van der Waals surface area contributed by atoms with Crippen LogP contribution in [0.2, 0.25) is 0 Å². The number of nitrogens with one attached hydrogen (secondary N) is 1. The average Bonchev–Trinajstić information content (AvgIpc) is 2.77. The van der Waals surface area contributed by atoms with Gasteiger partial charge in [0.1, 0.15) is 0 Å². The van der Waals surface area contributed by atoms with Gasteiger partial charge in [-0.15, -0.1) is 0 Å². The van der Waals surface area contributed by atoms with Gasteiger partial charge in [-0.2, -0.15) is 0 Å². The number of halogens is 1. The van der Waals surface area contributed by atoms with Crippen LogP contribution in [0, 0.1) is 0 Å². The molecule has 18 heavy (non-hydrogen) atoms. The van der Waals surface area contributed by atoms with E-state index in [-0.39, 0.29) is 0 Å². The zero-order chi connectivity index (χ0) is 12.5. The molecule has 0 spiro atoms. The van der Waals surface area contributed by atoms with Gasteiger partial charge in [-0.1, -0.05) is 40.2 Å². The van der Waals surface area contributed by atoms with Crippen LogP contribution in [0.3, 0.4) is 0 Å². The van der Waals surface area contributed by atoms with Crippen molar-refractivity contribution >= 4 is 26.8 Å². The Hall–Kier alpha value is -1.06. The molecule has 0 saturated heterocycles. The number of hydrogen-bond acceptors (Lipinski definition) is 1. The Balaban J connectivity index is 1.92.